The van der Waals surface area contributed by atoms with E-state index in [1.165, 1.54) is 24.0 Å². The number of amides is 1. The smallest absolute Gasteiger partial charge is 0.247 e. The lowest BCUT2D eigenvalue weighted by molar-refractivity contribution is -0.111. The molecule has 1 aliphatic heterocycles. The van der Waals surface area contributed by atoms with Crippen LogP contribution in [0, 0.1) is 5.82 Å². The molecule has 3 heterocycles. The lowest BCUT2D eigenvalue weighted by Gasteiger charge is -2.35. The molecule has 0 radical (unpaired) electrons. The van der Waals surface area contributed by atoms with Gasteiger partial charge in [-0.15, -0.1) is 0 Å². The van der Waals surface area contributed by atoms with E-state index < -0.39 is 5.82 Å². The van der Waals surface area contributed by atoms with Crippen molar-refractivity contribution in [3.63, 3.8) is 0 Å². The van der Waals surface area contributed by atoms with Gasteiger partial charge in [0.15, 0.2) is 0 Å². The fourth-order valence-corrected chi connectivity index (χ4v) is 4.42. The summed E-state index contributed by atoms with van der Waals surface area (Å²) >= 11 is 0. The van der Waals surface area contributed by atoms with Gasteiger partial charge >= 0.3 is 0 Å². The second kappa shape index (κ2) is 10.7. The average molecular weight is 498 g/mol. The van der Waals surface area contributed by atoms with Gasteiger partial charge in [-0.25, -0.2) is 14.4 Å². The molecule has 1 amide bonds. The Morgan fingerprint density at radius 2 is 1.84 bits per heavy atom. The summed E-state index contributed by atoms with van der Waals surface area (Å²) in [4.78, 5) is 29.9. The highest BCUT2D eigenvalue weighted by molar-refractivity contribution is 6.00. The third-order valence-electron chi connectivity index (χ3n) is 6.48. The van der Waals surface area contributed by atoms with Gasteiger partial charge in [0.25, 0.3) is 0 Å². The van der Waals surface area contributed by atoms with E-state index >= 15 is 4.39 Å². The van der Waals surface area contributed by atoms with E-state index in [9.17, 15) is 4.79 Å². The van der Waals surface area contributed by atoms with Crippen LogP contribution < -0.4 is 15.5 Å². The molecular formula is C28H28FN7O. The van der Waals surface area contributed by atoms with Gasteiger partial charge in [-0.2, -0.15) is 0 Å². The molecule has 1 fully saturated rings. The number of fused-ring (bicyclic) bond motifs is 1. The quantitative estimate of drug-likeness (QED) is 0.353. The Hall–Kier alpha value is -4.37. The molecule has 9 heteroatoms. The van der Waals surface area contributed by atoms with Crippen molar-refractivity contribution >= 4 is 39.8 Å². The molecule has 0 atom stereocenters. The van der Waals surface area contributed by atoms with Crippen LogP contribution in [0.25, 0.3) is 22.2 Å². The summed E-state index contributed by atoms with van der Waals surface area (Å²) in [6, 6.07) is 14.4. The zero-order chi connectivity index (χ0) is 25.8. The minimum Gasteiger partial charge on any atom is -0.369 e. The number of nitrogens with one attached hydrogen (secondary N) is 2. The summed E-state index contributed by atoms with van der Waals surface area (Å²) in [7, 11) is 0. The number of halogens is 1. The summed E-state index contributed by atoms with van der Waals surface area (Å²) in [5.41, 5.74) is 3.50. The van der Waals surface area contributed by atoms with Gasteiger partial charge in [-0.05, 0) is 61.2 Å². The van der Waals surface area contributed by atoms with Gasteiger partial charge in [0, 0.05) is 61.0 Å². The highest BCUT2D eigenvalue weighted by atomic mass is 19.1. The van der Waals surface area contributed by atoms with Crippen LogP contribution in [0.15, 0.2) is 73.6 Å². The summed E-state index contributed by atoms with van der Waals surface area (Å²) in [5, 5.41) is 6.57. The molecule has 37 heavy (non-hydrogen) atoms. The standard InChI is InChI=1S/C28H28FN7O/c1-3-25(37)32-21-11-12-30-24(17-21)26-23(29)10-5-19-18-31-28(34-27(19)26)33-20-6-8-22(9-7-20)36-15-13-35(4-2)14-16-36/h3,5-12,17-18H,1,4,13-16H2,2H3,(H,30,32,37)(H,31,33,34). The minimum absolute atomic E-state index is 0.235. The van der Waals surface area contributed by atoms with Crippen LogP contribution in [0.1, 0.15) is 6.92 Å². The SMILES string of the molecule is C=CC(=O)Nc1ccnc(-c2c(F)ccc3cnc(Nc4ccc(N5CCN(CC)CC5)cc4)nc23)c1. The fraction of sp³-hybridized carbons (Fsp3) is 0.214. The topological polar surface area (TPSA) is 86.3 Å². The number of hydrogen-bond acceptors (Lipinski definition) is 7. The lowest BCUT2D eigenvalue weighted by Crippen LogP contribution is -2.46. The number of nitrogens with zero attached hydrogens (tertiary/aromatic N) is 5. The van der Waals surface area contributed by atoms with Crippen molar-refractivity contribution in [3.05, 3.63) is 79.4 Å². The second-order valence-corrected chi connectivity index (χ2v) is 8.77. The van der Waals surface area contributed by atoms with Crippen LogP contribution in [0.3, 0.4) is 0 Å². The summed E-state index contributed by atoms with van der Waals surface area (Å²) in [6.45, 7) is 10.9. The van der Waals surface area contributed by atoms with E-state index in [2.05, 4.69) is 61.0 Å². The predicted octanol–water partition coefficient (Wildman–Crippen LogP) is 4.84. The van der Waals surface area contributed by atoms with Crippen molar-refractivity contribution in [2.24, 2.45) is 0 Å². The Balaban J connectivity index is 1.40. The van der Waals surface area contributed by atoms with Gasteiger partial charge in [0.2, 0.25) is 11.9 Å². The maximum atomic E-state index is 15.1. The summed E-state index contributed by atoms with van der Waals surface area (Å²) < 4.78 is 15.1. The number of hydrogen-bond donors (Lipinski definition) is 2. The first kappa shape index (κ1) is 24.3. The molecule has 0 unspecified atom stereocenters. The Bertz CT molecular complexity index is 1430. The molecule has 0 bridgehead atoms. The molecule has 2 aromatic carbocycles. The average Bonchev–Trinajstić information content (AvgIpc) is 2.93. The van der Waals surface area contributed by atoms with Crippen molar-refractivity contribution in [2.75, 3.05) is 48.3 Å². The van der Waals surface area contributed by atoms with Crippen LogP contribution in [0.4, 0.5) is 27.4 Å². The van der Waals surface area contributed by atoms with E-state index in [1.54, 1.807) is 24.4 Å². The maximum Gasteiger partial charge on any atom is 0.247 e. The fourth-order valence-electron chi connectivity index (χ4n) is 4.42. The van der Waals surface area contributed by atoms with Gasteiger partial charge in [-0.3, -0.25) is 9.78 Å². The normalized spacial score (nSPS) is 13.9. The molecule has 2 N–H and O–H groups in total. The number of carbonyl (C=O) groups excluding carboxylic acids is 1. The van der Waals surface area contributed by atoms with Crippen LogP contribution in [0.2, 0.25) is 0 Å². The Morgan fingerprint density at radius 3 is 2.57 bits per heavy atom. The molecule has 2 aromatic heterocycles. The number of pyridine rings is 1. The molecule has 1 aliphatic rings. The summed E-state index contributed by atoms with van der Waals surface area (Å²) in [6.07, 6.45) is 4.33. The number of carbonyl (C=O) groups is 1. The molecule has 188 valence electrons. The highest BCUT2D eigenvalue weighted by Crippen LogP contribution is 2.31. The molecule has 4 aromatic rings. The van der Waals surface area contributed by atoms with Crippen molar-refractivity contribution in [1.82, 2.24) is 19.9 Å². The number of likely N-dealkylation sites (N-methyl/N-ethyl adjacent to an activating group) is 1. The van der Waals surface area contributed by atoms with Gasteiger partial charge in [0.1, 0.15) is 5.82 Å². The third-order valence-corrected chi connectivity index (χ3v) is 6.48. The van der Waals surface area contributed by atoms with E-state index in [4.69, 9.17) is 0 Å². The molecule has 1 saturated heterocycles. The van der Waals surface area contributed by atoms with Crippen LogP contribution in [-0.4, -0.2) is 58.5 Å². The number of anilines is 4. The van der Waals surface area contributed by atoms with Crippen LogP contribution >= 0.6 is 0 Å². The van der Waals surface area contributed by atoms with E-state index in [-0.39, 0.29) is 11.5 Å². The molecule has 0 aliphatic carbocycles. The van der Waals surface area contributed by atoms with E-state index in [0.29, 0.717) is 28.2 Å². The van der Waals surface area contributed by atoms with Crippen molar-refractivity contribution in [1.29, 1.82) is 0 Å². The highest BCUT2D eigenvalue weighted by Gasteiger charge is 2.17. The largest absolute Gasteiger partial charge is 0.369 e. The lowest BCUT2D eigenvalue weighted by atomic mass is 10.1. The Kier molecular flexibility index (Phi) is 7.04. The van der Waals surface area contributed by atoms with E-state index in [0.717, 1.165) is 38.4 Å². The van der Waals surface area contributed by atoms with Gasteiger partial charge in [-0.1, -0.05) is 13.5 Å². The molecular weight excluding hydrogens is 469 g/mol. The van der Waals surface area contributed by atoms with Crippen LogP contribution in [-0.2, 0) is 4.79 Å². The summed E-state index contributed by atoms with van der Waals surface area (Å²) in [5.74, 6) is -0.484. The number of aromatic nitrogens is 3. The molecule has 8 nitrogen and oxygen atoms in total. The molecule has 5 rings (SSSR count). The van der Waals surface area contributed by atoms with E-state index in [1.807, 2.05) is 12.1 Å². The number of piperazine rings is 1. The predicted molar refractivity (Wildman–Crippen MR) is 146 cm³/mol. The molecule has 0 spiro atoms. The van der Waals surface area contributed by atoms with Crippen molar-refractivity contribution in [2.45, 2.75) is 6.92 Å². The maximum absolute atomic E-state index is 15.1. The number of rotatable bonds is 7. The first-order valence-electron chi connectivity index (χ1n) is 12.2. The first-order valence-corrected chi connectivity index (χ1v) is 12.2. The third kappa shape index (κ3) is 5.41. The Labute approximate surface area is 214 Å². The zero-order valence-corrected chi connectivity index (χ0v) is 20.6. The van der Waals surface area contributed by atoms with Gasteiger partial charge < -0.3 is 20.4 Å². The Morgan fingerprint density at radius 1 is 1.05 bits per heavy atom. The van der Waals surface area contributed by atoms with Crippen molar-refractivity contribution in [3.8, 4) is 11.3 Å². The first-order chi connectivity index (χ1) is 18.0. The van der Waals surface area contributed by atoms with Gasteiger partial charge in [0.05, 0.1) is 16.8 Å². The number of benzene rings is 2. The monoisotopic (exact) mass is 497 g/mol. The minimum atomic E-state index is -0.468. The van der Waals surface area contributed by atoms with Crippen LogP contribution in [0.5, 0.6) is 0 Å². The van der Waals surface area contributed by atoms with Crippen molar-refractivity contribution < 1.29 is 9.18 Å². The second-order valence-electron chi connectivity index (χ2n) is 8.77. The zero-order valence-electron chi connectivity index (χ0n) is 20.6. The molecule has 0 saturated carbocycles.